The molecule has 6 heteroatoms. The molecule has 1 saturated heterocycles. The molecule has 2 amide bonds. The summed E-state index contributed by atoms with van der Waals surface area (Å²) in [6.45, 7) is 1.50. The summed E-state index contributed by atoms with van der Waals surface area (Å²) < 4.78 is 0. The molecule has 2 fully saturated rings. The lowest BCUT2D eigenvalue weighted by Crippen LogP contribution is -2.40. The average Bonchev–Trinajstić information content (AvgIpc) is 3.27. The zero-order chi connectivity index (χ0) is 14.8. The minimum absolute atomic E-state index is 0.00470. The normalized spacial score (nSPS) is 22.1. The number of nitrogens with zero attached hydrogens (tertiary/aromatic N) is 1. The SMILES string of the molecule is O=C(Nc1ccc(C(=O)N2CCCC(CO)C2)s1)C1CC1. The van der Waals surface area contributed by atoms with Crippen molar-refractivity contribution in [3.8, 4) is 0 Å². The molecule has 1 aliphatic carbocycles. The molecule has 5 nitrogen and oxygen atoms in total. The van der Waals surface area contributed by atoms with Gasteiger partial charge in [0, 0.05) is 25.6 Å². The van der Waals surface area contributed by atoms with E-state index in [9.17, 15) is 14.7 Å². The number of aliphatic hydroxyl groups excluding tert-OH is 1. The monoisotopic (exact) mass is 308 g/mol. The Labute approximate surface area is 128 Å². The van der Waals surface area contributed by atoms with Crippen molar-refractivity contribution in [3.05, 3.63) is 17.0 Å². The molecule has 114 valence electrons. The predicted molar refractivity (Wildman–Crippen MR) is 81.4 cm³/mol. The van der Waals surface area contributed by atoms with Crippen LogP contribution in [-0.4, -0.2) is 41.5 Å². The first kappa shape index (κ1) is 14.5. The van der Waals surface area contributed by atoms with Crippen LogP contribution in [0.2, 0.25) is 0 Å². The van der Waals surface area contributed by atoms with Crippen LogP contribution in [-0.2, 0) is 4.79 Å². The first-order chi connectivity index (χ1) is 10.2. The van der Waals surface area contributed by atoms with Crippen LogP contribution >= 0.6 is 11.3 Å². The average molecular weight is 308 g/mol. The van der Waals surface area contributed by atoms with Gasteiger partial charge in [0.2, 0.25) is 5.91 Å². The van der Waals surface area contributed by atoms with Gasteiger partial charge in [-0.05, 0) is 43.7 Å². The third kappa shape index (κ3) is 3.44. The van der Waals surface area contributed by atoms with E-state index in [1.165, 1.54) is 11.3 Å². The summed E-state index contributed by atoms with van der Waals surface area (Å²) in [4.78, 5) is 26.6. The number of hydrogen-bond acceptors (Lipinski definition) is 4. The minimum Gasteiger partial charge on any atom is -0.396 e. The number of thiophene rings is 1. The summed E-state index contributed by atoms with van der Waals surface area (Å²) in [6, 6.07) is 3.57. The van der Waals surface area contributed by atoms with Crippen LogP contribution in [0, 0.1) is 11.8 Å². The Kier molecular flexibility index (Phi) is 4.26. The second-order valence-corrected chi connectivity index (χ2v) is 6.95. The van der Waals surface area contributed by atoms with Crippen molar-refractivity contribution >= 4 is 28.2 Å². The molecule has 3 rings (SSSR count). The quantitative estimate of drug-likeness (QED) is 0.893. The van der Waals surface area contributed by atoms with Gasteiger partial charge in [0.15, 0.2) is 0 Å². The molecule has 1 aromatic heterocycles. The van der Waals surface area contributed by atoms with E-state index in [1.54, 1.807) is 12.1 Å². The van der Waals surface area contributed by atoms with E-state index in [1.807, 2.05) is 4.90 Å². The van der Waals surface area contributed by atoms with Gasteiger partial charge in [0.05, 0.1) is 9.88 Å². The number of hydrogen-bond donors (Lipinski definition) is 2. The zero-order valence-corrected chi connectivity index (χ0v) is 12.7. The van der Waals surface area contributed by atoms with E-state index < -0.39 is 0 Å². The lowest BCUT2D eigenvalue weighted by molar-refractivity contribution is -0.117. The van der Waals surface area contributed by atoms with Crippen molar-refractivity contribution < 1.29 is 14.7 Å². The highest BCUT2D eigenvalue weighted by molar-refractivity contribution is 7.18. The molecule has 21 heavy (non-hydrogen) atoms. The molecule has 0 aromatic carbocycles. The summed E-state index contributed by atoms with van der Waals surface area (Å²) in [7, 11) is 0. The Morgan fingerprint density at radius 1 is 1.33 bits per heavy atom. The first-order valence-corrected chi connectivity index (χ1v) is 8.30. The van der Waals surface area contributed by atoms with Gasteiger partial charge in [0.25, 0.3) is 5.91 Å². The molecule has 1 saturated carbocycles. The Balaban J connectivity index is 1.61. The number of aliphatic hydroxyl groups is 1. The number of carbonyl (C=O) groups excluding carboxylic acids is 2. The summed E-state index contributed by atoms with van der Waals surface area (Å²) in [5, 5.41) is 12.9. The van der Waals surface area contributed by atoms with Gasteiger partial charge in [-0.3, -0.25) is 9.59 Å². The minimum atomic E-state index is 0.00470. The van der Waals surface area contributed by atoms with Crippen molar-refractivity contribution in [1.82, 2.24) is 4.90 Å². The highest BCUT2D eigenvalue weighted by atomic mass is 32.1. The lowest BCUT2D eigenvalue weighted by Gasteiger charge is -2.31. The molecule has 0 radical (unpaired) electrons. The van der Waals surface area contributed by atoms with Crippen molar-refractivity contribution in [1.29, 1.82) is 0 Å². The Hall–Kier alpha value is -1.40. The smallest absolute Gasteiger partial charge is 0.264 e. The molecule has 1 aromatic rings. The molecule has 1 unspecified atom stereocenters. The van der Waals surface area contributed by atoms with E-state index >= 15 is 0 Å². The maximum atomic E-state index is 12.4. The number of likely N-dealkylation sites (tertiary alicyclic amines) is 1. The van der Waals surface area contributed by atoms with Crippen molar-refractivity contribution in [2.24, 2.45) is 11.8 Å². The molecule has 0 bridgehead atoms. The maximum Gasteiger partial charge on any atom is 0.264 e. The summed E-state index contributed by atoms with van der Waals surface area (Å²) in [6.07, 6.45) is 3.86. The van der Waals surface area contributed by atoms with Crippen LogP contribution in [0.1, 0.15) is 35.4 Å². The third-order valence-electron chi connectivity index (χ3n) is 4.08. The number of rotatable bonds is 4. The summed E-state index contributed by atoms with van der Waals surface area (Å²) in [5.41, 5.74) is 0. The lowest BCUT2D eigenvalue weighted by atomic mass is 9.99. The number of nitrogens with one attached hydrogen (secondary N) is 1. The van der Waals surface area contributed by atoms with Crippen LogP contribution in [0.3, 0.4) is 0 Å². The topological polar surface area (TPSA) is 69.6 Å². The Morgan fingerprint density at radius 2 is 2.14 bits per heavy atom. The Bertz CT molecular complexity index is 539. The second kappa shape index (κ2) is 6.15. The molecule has 1 atom stereocenters. The van der Waals surface area contributed by atoms with E-state index in [2.05, 4.69) is 5.32 Å². The van der Waals surface area contributed by atoms with Crippen LogP contribution < -0.4 is 5.32 Å². The molecule has 2 N–H and O–H groups in total. The van der Waals surface area contributed by atoms with Crippen LogP contribution in [0.15, 0.2) is 12.1 Å². The van der Waals surface area contributed by atoms with Gasteiger partial charge < -0.3 is 15.3 Å². The van der Waals surface area contributed by atoms with Gasteiger partial charge >= 0.3 is 0 Å². The van der Waals surface area contributed by atoms with Crippen LogP contribution in [0.4, 0.5) is 5.00 Å². The molecular formula is C15H20N2O3S. The fraction of sp³-hybridized carbons (Fsp3) is 0.600. The number of anilines is 1. The first-order valence-electron chi connectivity index (χ1n) is 7.48. The number of piperidine rings is 1. The van der Waals surface area contributed by atoms with E-state index in [4.69, 9.17) is 0 Å². The van der Waals surface area contributed by atoms with Gasteiger partial charge in [-0.25, -0.2) is 0 Å². The summed E-state index contributed by atoms with van der Waals surface area (Å²) >= 11 is 1.33. The molecule has 2 heterocycles. The van der Waals surface area contributed by atoms with Crippen molar-refractivity contribution in [3.63, 3.8) is 0 Å². The fourth-order valence-electron chi connectivity index (χ4n) is 2.64. The van der Waals surface area contributed by atoms with E-state index in [-0.39, 0.29) is 30.3 Å². The van der Waals surface area contributed by atoms with Gasteiger partial charge in [-0.15, -0.1) is 11.3 Å². The largest absolute Gasteiger partial charge is 0.396 e. The van der Waals surface area contributed by atoms with Gasteiger partial charge in [0.1, 0.15) is 0 Å². The molecule has 0 spiro atoms. The van der Waals surface area contributed by atoms with E-state index in [0.29, 0.717) is 11.4 Å². The third-order valence-corrected chi connectivity index (χ3v) is 5.06. The van der Waals surface area contributed by atoms with Gasteiger partial charge in [-0.2, -0.15) is 0 Å². The van der Waals surface area contributed by atoms with E-state index in [0.717, 1.165) is 37.2 Å². The fourth-order valence-corrected chi connectivity index (χ4v) is 3.52. The van der Waals surface area contributed by atoms with Gasteiger partial charge in [-0.1, -0.05) is 0 Å². The summed E-state index contributed by atoms with van der Waals surface area (Å²) in [5.74, 6) is 0.426. The molecule has 2 aliphatic rings. The number of carbonyl (C=O) groups is 2. The van der Waals surface area contributed by atoms with Crippen LogP contribution in [0.25, 0.3) is 0 Å². The second-order valence-electron chi connectivity index (χ2n) is 5.87. The zero-order valence-electron chi connectivity index (χ0n) is 11.9. The maximum absolute atomic E-state index is 12.4. The van der Waals surface area contributed by atoms with Crippen molar-refractivity contribution in [2.45, 2.75) is 25.7 Å². The molecule has 1 aliphatic heterocycles. The van der Waals surface area contributed by atoms with Crippen molar-refractivity contribution in [2.75, 3.05) is 25.0 Å². The number of amides is 2. The highest BCUT2D eigenvalue weighted by Crippen LogP contribution is 2.32. The van der Waals surface area contributed by atoms with Crippen LogP contribution in [0.5, 0.6) is 0 Å². The molecular weight excluding hydrogens is 288 g/mol. The highest BCUT2D eigenvalue weighted by Gasteiger charge is 2.30. The standard InChI is InChI=1S/C15H20N2O3S/c18-9-10-2-1-7-17(8-10)15(20)12-5-6-13(21-12)16-14(19)11-3-4-11/h5-6,10-11,18H,1-4,7-9H2,(H,16,19). The predicted octanol–water partition coefficient (Wildman–Crippen LogP) is 1.94. The Morgan fingerprint density at radius 3 is 2.86 bits per heavy atom.